The summed E-state index contributed by atoms with van der Waals surface area (Å²) in [4.78, 5) is 22.5. The molecule has 4 rings (SSSR count). The van der Waals surface area contributed by atoms with Gasteiger partial charge in [0.25, 0.3) is 5.56 Å². The van der Waals surface area contributed by atoms with E-state index in [-0.39, 0.29) is 5.39 Å². The molecule has 0 saturated carbocycles. The van der Waals surface area contributed by atoms with Crippen LogP contribution in [-0.4, -0.2) is 21.1 Å². The third kappa shape index (κ3) is 4.55. The number of nitrogens with zero attached hydrogens (tertiary/aromatic N) is 3. The Balaban J connectivity index is 1.86. The number of benzene rings is 2. The van der Waals surface area contributed by atoms with Crippen LogP contribution in [0.1, 0.15) is 24.1 Å². The van der Waals surface area contributed by atoms with E-state index in [4.69, 9.17) is 11.6 Å². The minimum atomic E-state index is -0.498. The molecule has 0 saturated heterocycles. The van der Waals surface area contributed by atoms with Crippen LogP contribution in [0.3, 0.4) is 0 Å². The van der Waals surface area contributed by atoms with E-state index >= 15 is 0 Å². The molecule has 0 fully saturated rings. The minimum absolute atomic E-state index is 0.183. The number of pyridine rings is 1. The maximum atomic E-state index is 13.8. The van der Waals surface area contributed by atoms with Crippen LogP contribution in [0.15, 0.2) is 65.5 Å². The van der Waals surface area contributed by atoms with E-state index in [1.165, 1.54) is 22.8 Å². The maximum Gasteiger partial charge on any atom is 0.266 e. The predicted octanol–water partition coefficient (Wildman–Crippen LogP) is 4.85. The molecule has 5 nitrogen and oxygen atoms in total. The standard InChI is InChI=1S/C24H20ClFN4O/c1-2-27-15-18-7-5-6-17(28-18)11-13-23-29-21-12-10-16(26)14-19(21)24(31)30(23)22-9-4-3-8-20(22)25/h3-14,27H,2,15H2,1H3/b13-11+. The van der Waals surface area contributed by atoms with Crippen molar-refractivity contribution in [3.05, 3.63) is 99.1 Å². The smallest absolute Gasteiger partial charge is 0.266 e. The van der Waals surface area contributed by atoms with Gasteiger partial charge in [-0.3, -0.25) is 14.3 Å². The van der Waals surface area contributed by atoms with Crippen LogP contribution in [0.25, 0.3) is 28.7 Å². The number of aromatic nitrogens is 3. The molecule has 0 aliphatic rings. The van der Waals surface area contributed by atoms with E-state index in [1.807, 2.05) is 25.1 Å². The van der Waals surface area contributed by atoms with Gasteiger partial charge in [-0.2, -0.15) is 0 Å². The van der Waals surface area contributed by atoms with Crippen LogP contribution < -0.4 is 10.9 Å². The lowest BCUT2D eigenvalue weighted by molar-refractivity contribution is 0.629. The summed E-state index contributed by atoms with van der Waals surface area (Å²) < 4.78 is 15.2. The highest BCUT2D eigenvalue weighted by molar-refractivity contribution is 6.32. The van der Waals surface area contributed by atoms with Crippen LogP contribution in [0.5, 0.6) is 0 Å². The molecule has 2 aromatic carbocycles. The first kappa shape index (κ1) is 20.9. The van der Waals surface area contributed by atoms with Gasteiger partial charge in [-0.1, -0.05) is 36.7 Å². The van der Waals surface area contributed by atoms with Gasteiger partial charge >= 0.3 is 0 Å². The molecular formula is C24H20ClFN4O. The summed E-state index contributed by atoms with van der Waals surface area (Å²) in [6.45, 7) is 3.56. The second-order valence-corrected chi connectivity index (χ2v) is 7.30. The van der Waals surface area contributed by atoms with Gasteiger partial charge < -0.3 is 5.32 Å². The third-order valence-electron chi connectivity index (χ3n) is 4.74. The summed E-state index contributed by atoms with van der Waals surface area (Å²) in [6.07, 6.45) is 3.51. The lowest BCUT2D eigenvalue weighted by Gasteiger charge is -2.13. The fourth-order valence-corrected chi connectivity index (χ4v) is 3.48. The van der Waals surface area contributed by atoms with Gasteiger partial charge in [-0.05, 0) is 61.2 Å². The Morgan fingerprint density at radius 1 is 1.06 bits per heavy atom. The molecule has 0 aliphatic carbocycles. The van der Waals surface area contributed by atoms with Crippen molar-refractivity contribution in [1.82, 2.24) is 19.9 Å². The highest BCUT2D eigenvalue weighted by Crippen LogP contribution is 2.22. The quantitative estimate of drug-likeness (QED) is 0.471. The highest BCUT2D eigenvalue weighted by Gasteiger charge is 2.14. The molecule has 31 heavy (non-hydrogen) atoms. The monoisotopic (exact) mass is 434 g/mol. The molecule has 0 bridgehead atoms. The van der Waals surface area contributed by atoms with Crippen LogP contribution >= 0.6 is 11.6 Å². The number of halogens is 2. The second kappa shape index (κ2) is 9.20. The average molecular weight is 435 g/mol. The fourth-order valence-electron chi connectivity index (χ4n) is 3.26. The van der Waals surface area contributed by atoms with Crippen molar-refractivity contribution in [1.29, 1.82) is 0 Å². The molecule has 0 amide bonds. The zero-order chi connectivity index (χ0) is 21.8. The average Bonchev–Trinajstić information content (AvgIpc) is 2.78. The van der Waals surface area contributed by atoms with Crippen molar-refractivity contribution in [3.63, 3.8) is 0 Å². The van der Waals surface area contributed by atoms with Gasteiger partial charge in [-0.25, -0.2) is 9.37 Å². The Labute approximate surface area is 183 Å². The van der Waals surface area contributed by atoms with Gasteiger partial charge in [0, 0.05) is 6.54 Å². The van der Waals surface area contributed by atoms with E-state index in [1.54, 1.807) is 36.4 Å². The zero-order valence-corrected chi connectivity index (χ0v) is 17.6. The highest BCUT2D eigenvalue weighted by atomic mass is 35.5. The van der Waals surface area contributed by atoms with Crippen molar-refractivity contribution in [2.75, 3.05) is 6.54 Å². The number of fused-ring (bicyclic) bond motifs is 1. The van der Waals surface area contributed by atoms with Gasteiger partial charge in [0.1, 0.15) is 11.6 Å². The molecule has 156 valence electrons. The summed E-state index contributed by atoms with van der Waals surface area (Å²) in [7, 11) is 0. The molecule has 1 N–H and O–H groups in total. The van der Waals surface area contributed by atoms with Gasteiger partial charge in [0.15, 0.2) is 0 Å². The normalized spacial score (nSPS) is 11.5. The number of rotatable bonds is 6. The number of hydrogen-bond donors (Lipinski definition) is 1. The molecule has 7 heteroatoms. The third-order valence-corrected chi connectivity index (χ3v) is 5.06. The van der Waals surface area contributed by atoms with Crippen molar-refractivity contribution in [2.45, 2.75) is 13.5 Å². The molecule has 0 unspecified atom stereocenters. The predicted molar refractivity (Wildman–Crippen MR) is 123 cm³/mol. The Kier molecular flexibility index (Phi) is 6.21. The van der Waals surface area contributed by atoms with E-state index < -0.39 is 11.4 Å². The Hall–Kier alpha value is -3.35. The van der Waals surface area contributed by atoms with Gasteiger partial charge in [-0.15, -0.1) is 0 Å². The summed E-state index contributed by atoms with van der Waals surface area (Å²) in [5.41, 5.74) is 2.12. The van der Waals surface area contributed by atoms with E-state index in [0.717, 1.165) is 17.9 Å². The lowest BCUT2D eigenvalue weighted by atomic mass is 10.2. The first-order valence-corrected chi connectivity index (χ1v) is 10.3. The SMILES string of the molecule is CCNCc1cccc(/C=C/c2nc3ccc(F)cc3c(=O)n2-c2ccccc2Cl)n1. The van der Waals surface area contributed by atoms with E-state index in [2.05, 4.69) is 15.3 Å². The Bertz CT molecular complexity index is 1330. The van der Waals surface area contributed by atoms with Crippen LogP contribution in [-0.2, 0) is 6.54 Å². The fraction of sp³-hybridized carbons (Fsp3) is 0.125. The molecule has 2 heterocycles. The molecule has 0 aliphatic heterocycles. The first-order chi connectivity index (χ1) is 15.1. The van der Waals surface area contributed by atoms with Crippen LogP contribution in [0.4, 0.5) is 4.39 Å². The molecule has 4 aromatic rings. The number of para-hydroxylation sites is 1. The first-order valence-electron chi connectivity index (χ1n) is 9.89. The zero-order valence-electron chi connectivity index (χ0n) is 16.8. The topological polar surface area (TPSA) is 59.8 Å². The summed E-state index contributed by atoms with van der Waals surface area (Å²) >= 11 is 6.37. The molecule has 2 aromatic heterocycles. The van der Waals surface area contributed by atoms with Crippen molar-refractivity contribution < 1.29 is 4.39 Å². The van der Waals surface area contributed by atoms with Gasteiger partial charge in [0.2, 0.25) is 0 Å². The van der Waals surface area contributed by atoms with Crippen molar-refractivity contribution in [2.24, 2.45) is 0 Å². The molecular weight excluding hydrogens is 415 g/mol. The van der Waals surface area contributed by atoms with Crippen LogP contribution in [0, 0.1) is 5.82 Å². The Morgan fingerprint density at radius 2 is 1.90 bits per heavy atom. The number of hydrogen-bond acceptors (Lipinski definition) is 4. The maximum absolute atomic E-state index is 13.8. The largest absolute Gasteiger partial charge is 0.311 e. The van der Waals surface area contributed by atoms with Crippen LogP contribution in [0.2, 0.25) is 5.02 Å². The summed E-state index contributed by atoms with van der Waals surface area (Å²) in [5.74, 6) is -0.127. The van der Waals surface area contributed by atoms with Crippen molar-refractivity contribution >= 4 is 34.7 Å². The van der Waals surface area contributed by atoms with E-state index in [0.29, 0.717) is 28.6 Å². The summed E-state index contributed by atoms with van der Waals surface area (Å²) in [5, 5.41) is 3.82. The lowest BCUT2D eigenvalue weighted by Crippen LogP contribution is -2.22. The number of nitrogens with one attached hydrogen (secondary N) is 1. The summed E-state index contributed by atoms with van der Waals surface area (Å²) in [6, 6.07) is 16.7. The molecule has 0 radical (unpaired) electrons. The van der Waals surface area contributed by atoms with Gasteiger partial charge in [0.05, 0.1) is 33.0 Å². The minimum Gasteiger partial charge on any atom is -0.311 e. The Morgan fingerprint density at radius 3 is 2.71 bits per heavy atom. The molecule has 0 atom stereocenters. The van der Waals surface area contributed by atoms with Crippen molar-refractivity contribution in [3.8, 4) is 5.69 Å². The molecule has 0 spiro atoms. The second-order valence-electron chi connectivity index (χ2n) is 6.89. The van der Waals surface area contributed by atoms with E-state index in [9.17, 15) is 9.18 Å².